The zero-order valence-corrected chi connectivity index (χ0v) is 10.7. The van der Waals surface area contributed by atoms with Crippen LogP contribution in [0.4, 0.5) is 4.39 Å². The lowest BCUT2D eigenvalue weighted by molar-refractivity contribution is -0.137. The molecule has 1 aromatic carbocycles. The van der Waals surface area contributed by atoms with Crippen molar-refractivity contribution >= 4 is 21.9 Å². The van der Waals surface area contributed by atoms with Crippen LogP contribution in [-0.2, 0) is 17.6 Å². The number of benzene rings is 1. The van der Waals surface area contributed by atoms with Crippen LogP contribution in [0, 0.1) is 5.82 Å². The van der Waals surface area contributed by atoms with Gasteiger partial charge in [-0.1, -0.05) is 13.0 Å². The lowest BCUT2D eigenvalue weighted by Gasteiger charge is -2.06. The highest BCUT2D eigenvalue weighted by atomic mass is 79.9. The lowest BCUT2D eigenvalue weighted by atomic mass is 10.0. The maximum Gasteiger partial charge on any atom is 0.303 e. The summed E-state index contributed by atoms with van der Waals surface area (Å²) in [6, 6.07) is 3.53. The van der Waals surface area contributed by atoms with Gasteiger partial charge >= 0.3 is 5.97 Å². The first kappa shape index (κ1) is 13.2. The third-order valence-corrected chi connectivity index (χ3v) is 2.98. The highest BCUT2D eigenvalue weighted by Crippen LogP contribution is 2.22. The van der Waals surface area contributed by atoms with Crippen LogP contribution in [0.1, 0.15) is 30.9 Å². The summed E-state index contributed by atoms with van der Waals surface area (Å²) in [5.74, 6) is -1.01. The molecule has 0 fully saturated rings. The van der Waals surface area contributed by atoms with Gasteiger partial charge in [0.25, 0.3) is 0 Å². The minimum atomic E-state index is -0.795. The summed E-state index contributed by atoms with van der Waals surface area (Å²) in [6.45, 7) is 1.89. The monoisotopic (exact) mass is 288 g/mol. The molecule has 0 aliphatic carbocycles. The first-order valence-corrected chi connectivity index (χ1v) is 6.02. The van der Waals surface area contributed by atoms with Gasteiger partial charge in [-0.15, -0.1) is 0 Å². The molecule has 0 atom stereocenters. The first-order chi connectivity index (χ1) is 7.54. The van der Waals surface area contributed by atoms with Crippen LogP contribution in [0.25, 0.3) is 0 Å². The third kappa shape index (κ3) is 3.59. The van der Waals surface area contributed by atoms with Crippen LogP contribution in [0.5, 0.6) is 0 Å². The van der Waals surface area contributed by atoms with Crippen LogP contribution in [0.3, 0.4) is 0 Å². The van der Waals surface area contributed by atoms with Gasteiger partial charge in [-0.2, -0.15) is 0 Å². The number of carboxylic acid groups (broad SMARTS) is 1. The lowest BCUT2D eigenvalue weighted by Crippen LogP contribution is -1.98. The summed E-state index contributed by atoms with van der Waals surface area (Å²) in [4.78, 5) is 10.4. The predicted molar refractivity (Wildman–Crippen MR) is 64.1 cm³/mol. The Balaban J connectivity index is 2.74. The number of aryl methyl sites for hydroxylation is 2. The molecule has 0 saturated carbocycles. The summed E-state index contributed by atoms with van der Waals surface area (Å²) in [6.07, 6.45) is 2.03. The maximum atomic E-state index is 13.5. The Morgan fingerprint density at radius 1 is 1.50 bits per heavy atom. The molecule has 0 saturated heterocycles. The highest BCUT2D eigenvalue weighted by Gasteiger charge is 2.08. The summed E-state index contributed by atoms with van der Waals surface area (Å²) in [7, 11) is 0. The average molecular weight is 289 g/mol. The third-order valence-electron chi connectivity index (χ3n) is 2.40. The van der Waals surface area contributed by atoms with E-state index in [9.17, 15) is 9.18 Å². The molecule has 0 aromatic heterocycles. The van der Waals surface area contributed by atoms with E-state index in [0.29, 0.717) is 29.3 Å². The predicted octanol–water partition coefficient (Wildman–Crippen LogP) is 3.56. The van der Waals surface area contributed by atoms with E-state index in [1.807, 2.05) is 13.0 Å². The minimum absolute atomic E-state index is 0.149. The van der Waals surface area contributed by atoms with E-state index in [1.165, 1.54) is 0 Å². The van der Waals surface area contributed by atoms with Gasteiger partial charge in [-0.3, -0.25) is 4.79 Å². The highest BCUT2D eigenvalue weighted by molar-refractivity contribution is 9.10. The number of halogens is 2. The van der Waals surface area contributed by atoms with Gasteiger partial charge in [0.15, 0.2) is 0 Å². The number of rotatable bonds is 5. The molecule has 4 heteroatoms. The topological polar surface area (TPSA) is 37.3 Å². The molecule has 0 amide bonds. The normalized spacial score (nSPS) is 10.4. The largest absolute Gasteiger partial charge is 0.481 e. The maximum absolute atomic E-state index is 13.5. The number of carbonyl (C=O) groups is 1. The van der Waals surface area contributed by atoms with E-state index in [1.54, 1.807) is 6.07 Å². The molecular weight excluding hydrogens is 275 g/mol. The zero-order chi connectivity index (χ0) is 12.1. The standard InChI is InChI=1S/C12H14BrFO2/c1-2-9-6-8(4-3-5-11(15)16)7-10(13)12(9)14/h6-7H,2-5H2,1H3,(H,15,16). The molecule has 1 N–H and O–H groups in total. The summed E-state index contributed by atoms with van der Waals surface area (Å²) in [5, 5.41) is 8.52. The molecular formula is C12H14BrFO2. The molecule has 1 rings (SSSR count). The first-order valence-electron chi connectivity index (χ1n) is 5.23. The molecule has 1 aromatic rings. The van der Waals surface area contributed by atoms with Crippen molar-refractivity contribution in [1.29, 1.82) is 0 Å². The van der Waals surface area contributed by atoms with Gasteiger partial charge in [-0.05, 0) is 52.4 Å². The summed E-state index contributed by atoms with van der Waals surface area (Å²) >= 11 is 3.17. The van der Waals surface area contributed by atoms with Gasteiger partial charge in [0.2, 0.25) is 0 Å². The van der Waals surface area contributed by atoms with Crippen molar-refractivity contribution in [3.8, 4) is 0 Å². The van der Waals surface area contributed by atoms with E-state index in [0.717, 1.165) is 5.56 Å². The van der Waals surface area contributed by atoms with Crippen LogP contribution >= 0.6 is 15.9 Å². The number of aliphatic carboxylic acids is 1. The van der Waals surface area contributed by atoms with Gasteiger partial charge in [0.1, 0.15) is 5.82 Å². The SMILES string of the molecule is CCc1cc(CCCC(=O)O)cc(Br)c1F. The Morgan fingerprint density at radius 3 is 2.75 bits per heavy atom. The van der Waals surface area contributed by atoms with E-state index in [2.05, 4.69) is 15.9 Å². The van der Waals surface area contributed by atoms with Gasteiger partial charge in [0, 0.05) is 6.42 Å². The van der Waals surface area contributed by atoms with E-state index in [-0.39, 0.29) is 12.2 Å². The van der Waals surface area contributed by atoms with Gasteiger partial charge < -0.3 is 5.11 Å². The van der Waals surface area contributed by atoms with E-state index < -0.39 is 5.97 Å². The summed E-state index contributed by atoms with van der Waals surface area (Å²) in [5.41, 5.74) is 1.64. The number of hydrogen-bond acceptors (Lipinski definition) is 1. The second kappa shape index (κ2) is 5.99. The number of hydrogen-bond donors (Lipinski definition) is 1. The van der Waals surface area contributed by atoms with Crippen molar-refractivity contribution in [2.75, 3.05) is 0 Å². The number of carboxylic acids is 1. The Labute approximate surface area is 103 Å². The minimum Gasteiger partial charge on any atom is -0.481 e. The molecule has 0 radical (unpaired) electrons. The quantitative estimate of drug-likeness (QED) is 0.900. The smallest absolute Gasteiger partial charge is 0.303 e. The fraction of sp³-hybridized carbons (Fsp3) is 0.417. The van der Waals surface area contributed by atoms with Crippen molar-refractivity contribution in [2.24, 2.45) is 0 Å². The van der Waals surface area contributed by atoms with Crippen LogP contribution in [0.2, 0.25) is 0 Å². The fourth-order valence-corrected chi connectivity index (χ4v) is 2.10. The zero-order valence-electron chi connectivity index (χ0n) is 9.09. The van der Waals surface area contributed by atoms with Crippen molar-refractivity contribution in [2.45, 2.75) is 32.6 Å². The molecule has 0 unspecified atom stereocenters. The molecule has 0 aliphatic rings. The van der Waals surface area contributed by atoms with Crippen molar-refractivity contribution in [1.82, 2.24) is 0 Å². The van der Waals surface area contributed by atoms with Crippen molar-refractivity contribution in [3.05, 3.63) is 33.5 Å². The Bertz CT molecular complexity index is 391. The summed E-state index contributed by atoms with van der Waals surface area (Å²) < 4.78 is 13.9. The van der Waals surface area contributed by atoms with E-state index in [4.69, 9.17) is 5.11 Å². The van der Waals surface area contributed by atoms with Crippen molar-refractivity contribution < 1.29 is 14.3 Å². The molecule has 88 valence electrons. The van der Waals surface area contributed by atoms with E-state index >= 15 is 0 Å². The van der Waals surface area contributed by atoms with Gasteiger partial charge in [-0.25, -0.2) is 4.39 Å². The molecule has 16 heavy (non-hydrogen) atoms. The Hall–Kier alpha value is -0.900. The second-order valence-corrected chi connectivity index (χ2v) is 4.51. The molecule has 0 heterocycles. The van der Waals surface area contributed by atoms with Crippen LogP contribution in [-0.4, -0.2) is 11.1 Å². The Morgan fingerprint density at radius 2 is 2.19 bits per heavy atom. The molecule has 0 spiro atoms. The van der Waals surface area contributed by atoms with Crippen LogP contribution in [0.15, 0.2) is 16.6 Å². The average Bonchev–Trinajstić information content (AvgIpc) is 2.22. The fourth-order valence-electron chi connectivity index (χ4n) is 1.55. The van der Waals surface area contributed by atoms with Crippen molar-refractivity contribution in [3.63, 3.8) is 0 Å². The molecule has 2 nitrogen and oxygen atoms in total. The van der Waals surface area contributed by atoms with Gasteiger partial charge in [0.05, 0.1) is 4.47 Å². The molecule has 0 aliphatic heterocycles. The van der Waals surface area contributed by atoms with Crippen LogP contribution < -0.4 is 0 Å². The Kier molecular flexibility index (Phi) is 4.93. The second-order valence-electron chi connectivity index (χ2n) is 3.65. The molecule has 0 bridgehead atoms.